The van der Waals surface area contributed by atoms with E-state index < -0.39 is 0 Å². The molecule has 0 N–H and O–H groups in total. The van der Waals surface area contributed by atoms with Crippen molar-refractivity contribution >= 4 is 38.5 Å². The molecule has 0 spiro atoms. The molecule has 1 aromatic carbocycles. The molecule has 0 radical (unpaired) electrons. The van der Waals surface area contributed by atoms with Gasteiger partial charge in [0.1, 0.15) is 0 Å². The molecule has 2 saturated carbocycles. The van der Waals surface area contributed by atoms with Crippen LogP contribution in [0.15, 0.2) is 18.2 Å². The quantitative estimate of drug-likeness (QED) is 0.760. The number of aryl methyl sites for hydroxylation is 1. The van der Waals surface area contributed by atoms with Crippen molar-refractivity contribution in [3.05, 3.63) is 23.8 Å². The molecule has 4 atom stereocenters. The Morgan fingerprint density at radius 3 is 2.45 bits per heavy atom. The number of thiazole rings is 1. The zero-order valence-electron chi connectivity index (χ0n) is 12.3. The number of hydrogen-bond acceptors (Lipinski definition) is 4. The second-order valence-corrected chi connectivity index (χ2v) is 7.82. The molecule has 4 unspecified atom stereocenters. The number of aromatic nitrogens is 1. The summed E-state index contributed by atoms with van der Waals surface area (Å²) in [4.78, 5) is 31.6. The van der Waals surface area contributed by atoms with Gasteiger partial charge in [-0.3, -0.25) is 9.59 Å². The van der Waals surface area contributed by atoms with Gasteiger partial charge in [-0.2, -0.15) is 0 Å². The summed E-state index contributed by atoms with van der Waals surface area (Å²) in [7, 11) is 0. The Morgan fingerprint density at radius 1 is 1.14 bits per heavy atom. The number of anilines is 1. The predicted octanol–water partition coefficient (Wildman–Crippen LogP) is 3.14. The molecule has 1 aromatic heterocycles. The molecular formula is C17H16N2O2S. The number of benzene rings is 1. The van der Waals surface area contributed by atoms with E-state index in [1.54, 1.807) is 0 Å². The van der Waals surface area contributed by atoms with E-state index in [0.29, 0.717) is 17.0 Å². The number of carbonyl (C=O) groups is 2. The zero-order chi connectivity index (χ0) is 15.0. The second kappa shape index (κ2) is 4.16. The highest BCUT2D eigenvalue weighted by Crippen LogP contribution is 2.56. The fourth-order valence-electron chi connectivity index (χ4n) is 4.77. The Labute approximate surface area is 132 Å². The van der Waals surface area contributed by atoms with Gasteiger partial charge in [0.15, 0.2) is 5.13 Å². The summed E-state index contributed by atoms with van der Waals surface area (Å²) >= 11 is 1.45. The SMILES string of the molecule is Cc1cccc2sc(N3C(=O)C4C5CCC(C5)C4C3=O)nc12. The molecule has 4 nitrogen and oxygen atoms in total. The summed E-state index contributed by atoms with van der Waals surface area (Å²) < 4.78 is 1.04. The number of imide groups is 1. The van der Waals surface area contributed by atoms with Gasteiger partial charge in [-0.1, -0.05) is 23.5 Å². The van der Waals surface area contributed by atoms with E-state index in [0.717, 1.165) is 35.0 Å². The van der Waals surface area contributed by atoms with E-state index in [1.165, 1.54) is 16.2 Å². The van der Waals surface area contributed by atoms with Crippen LogP contribution in [-0.4, -0.2) is 16.8 Å². The van der Waals surface area contributed by atoms with Crippen molar-refractivity contribution in [2.75, 3.05) is 4.90 Å². The van der Waals surface area contributed by atoms with Crippen LogP contribution in [0.1, 0.15) is 24.8 Å². The van der Waals surface area contributed by atoms with Crippen LogP contribution in [0.3, 0.4) is 0 Å². The number of hydrogen-bond donors (Lipinski definition) is 0. The summed E-state index contributed by atoms with van der Waals surface area (Å²) in [6.45, 7) is 2.01. The smallest absolute Gasteiger partial charge is 0.239 e. The third-order valence-electron chi connectivity index (χ3n) is 5.73. The molecule has 2 heterocycles. The molecule has 1 saturated heterocycles. The normalized spacial score (nSPS) is 33.2. The van der Waals surface area contributed by atoms with Gasteiger partial charge in [0.2, 0.25) is 11.8 Å². The standard InChI is InChI=1S/C17H16N2O2S/c1-8-3-2-4-11-14(8)18-17(22-11)19-15(20)12-9-5-6-10(7-9)13(12)16(19)21/h2-4,9-10,12-13H,5-7H2,1H3. The molecule has 2 bridgehead atoms. The first-order valence-electron chi connectivity index (χ1n) is 7.89. The highest BCUT2D eigenvalue weighted by Gasteiger charge is 2.61. The molecule has 2 aromatic rings. The first kappa shape index (κ1) is 12.8. The van der Waals surface area contributed by atoms with Crippen LogP contribution in [0.4, 0.5) is 5.13 Å². The van der Waals surface area contributed by atoms with E-state index in [2.05, 4.69) is 4.98 Å². The van der Waals surface area contributed by atoms with E-state index in [1.807, 2.05) is 25.1 Å². The van der Waals surface area contributed by atoms with Crippen LogP contribution in [-0.2, 0) is 9.59 Å². The molecule has 5 rings (SSSR count). The lowest BCUT2D eigenvalue weighted by Gasteiger charge is -2.19. The largest absolute Gasteiger partial charge is 0.274 e. The molecule has 5 heteroatoms. The van der Waals surface area contributed by atoms with Gasteiger partial charge in [0.25, 0.3) is 0 Å². The molecule has 3 fully saturated rings. The maximum atomic E-state index is 12.8. The van der Waals surface area contributed by atoms with Crippen molar-refractivity contribution < 1.29 is 9.59 Å². The Bertz CT molecular complexity index is 799. The average Bonchev–Trinajstić information content (AvgIpc) is 3.22. The Morgan fingerprint density at radius 2 is 1.82 bits per heavy atom. The molecule has 1 aliphatic heterocycles. The van der Waals surface area contributed by atoms with Crippen LogP contribution in [0.2, 0.25) is 0 Å². The van der Waals surface area contributed by atoms with Crippen molar-refractivity contribution in [2.24, 2.45) is 23.7 Å². The maximum Gasteiger partial charge on any atom is 0.239 e. The van der Waals surface area contributed by atoms with E-state index in [4.69, 9.17) is 0 Å². The summed E-state index contributed by atoms with van der Waals surface area (Å²) in [6.07, 6.45) is 3.29. The maximum absolute atomic E-state index is 12.8. The summed E-state index contributed by atoms with van der Waals surface area (Å²) in [5, 5.41) is 0.563. The second-order valence-electron chi connectivity index (χ2n) is 6.81. The van der Waals surface area contributed by atoms with Gasteiger partial charge in [0.05, 0.1) is 22.1 Å². The first-order chi connectivity index (χ1) is 10.6. The number of amides is 2. The molecule has 112 valence electrons. The van der Waals surface area contributed by atoms with Gasteiger partial charge >= 0.3 is 0 Å². The fraction of sp³-hybridized carbons (Fsp3) is 0.471. The Kier molecular flexibility index (Phi) is 2.41. The lowest BCUT2D eigenvalue weighted by Crippen LogP contribution is -2.32. The van der Waals surface area contributed by atoms with Gasteiger partial charge < -0.3 is 0 Å². The summed E-state index contributed by atoms with van der Waals surface area (Å²) in [6, 6.07) is 6.00. The molecule has 22 heavy (non-hydrogen) atoms. The van der Waals surface area contributed by atoms with Crippen LogP contribution < -0.4 is 4.90 Å². The van der Waals surface area contributed by atoms with Crippen LogP contribution >= 0.6 is 11.3 Å². The van der Waals surface area contributed by atoms with Crippen molar-refractivity contribution in [1.29, 1.82) is 0 Å². The molecule has 2 amide bonds. The fourth-order valence-corrected chi connectivity index (χ4v) is 5.82. The number of nitrogens with zero attached hydrogens (tertiary/aromatic N) is 2. The Hall–Kier alpha value is -1.75. The van der Waals surface area contributed by atoms with Crippen molar-refractivity contribution in [3.63, 3.8) is 0 Å². The first-order valence-corrected chi connectivity index (χ1v) is 8.71. The number of rotatable bonds is 1. The monoisotopic (exact) mass is 312 g/mol. The number of fused-ring (bicyclic) bond motifs is 6. The van der Waals surface area contributed by atoms with Gasteiger partial charge in [0, 0.05) is 0 Å². The van der Waals surface area contributed by atoms with E-state index in [9.17, 15) is 9.59 Å². The summed E-state index contributed by atoms with van der Waals surface area (Å²) in [5.41, 5.74) is 1.99. The number of para-hydroxylation sites is 1. The van der Waals surface area contributed by atoms with Crippen LogP contribution in [0, 0.1) is 30.6 Å². The topological polar surface area (TPSA) is 50.3 Å². The molecular weight excluding hydrogens is 296 g/mol. The van der Waals surface area contributed by atoms with E-state index >= 15 is 0 Å². The summed E-state index contributed by atoms with van der Waals surface area (Å²) in [5.74, 6) is 0.705. The zero-order valence-corrected chi connectivity index (χ0v) is 13.1. The van der Waals surface area contributed by atoms with E-state index in [-0.39, 0.29) is 23.7 Å². The lowest BCUT2D eigenvalue weighted by molar-refractivity contribution is -0.123. The van der Waals surface area contributed by atoms with Gasteiger partial charge in [-0.25, -0.2) is 9.88 Å². The highest BCUT2D eigenvalue weighted by atomic mass is 32.1. The minimum absolute atomic E-state index is 0.00101. The van der Waals surface area contributed by atoms with Crippen molar-refractivity contribution in [2.45, 2.75) is 26.2 Å². The van der Waals surface area contributed by atoms with Gasteiger partial charge in [-0.15, -0.1) is 0 Å². The number of carbonyl (C=O) groups excluding carboxylic acids is 2. The third-order valence-corrected chi connectivity index (χ3v) is 6.73. The Balaban J connectivity index is 1.61. The minimum Gasteiger partial charge on any atom is -0.274 e. The lowest BCUT2D eigenvalue weighted by atomic mass is 9.81. The third kappa shape index (κ3) is 1.45. The highest BCUT2D eigenvalue weighted by molar-refractivity contribution is 7.22. The molecule has 2 aliphatic carbocycles. The van der Waals surface area contributed by atoms with Gasteiger partial charge in [-0.05, 0) is 49.7 Å². The van der Waals surface area contributed by atoms with Crippen molar-refractivity contribution in [3.8, 4) is 0 Å². The molecule has 3 aliphatic rings. The van der Waals surface area contributed by atoms with Crippen LogP contribution in [0.25, 0.3) is 10.2 Å². The average molecular weight is 312 g/mol. The van der Waals surface area contributed by atoms with Crippen molar-refractivity contribution in [1.82, 2.24) is 4.98 Å². The minimum atomic E-state index is -0.0700. The predicted molar refractivity (Wildman–Crippen MR) is 84.7 cm³/mol. The van der Waals surface area contributed by atoms with Crippen LogP contribution in [0.5, 0.6) is 0 Å².